The van der Waals surface area contributed by atoms with Crippen LogP contribution in [-0.2, 0) is 13.6 Å². The van der Waals surface area contributed by atoms with Crippen LogP contribution < -0.4 is 22.3 Å². The molecule has 2 rings (SSSR count). The molecule has 1 heterocycles. The largest absolute Gasteiger partial charge is 0.383 e. The Morgan fingerprint density at radius 1 is 1.26 bits per heavy atom. The fourth-order valence-corrected chi connectivity index (χ4v) is 1.70. The molecule has 100 valence electrons. The van der Waals surface area contributed by atoms with Crippen molar-refractivity contribution in [2.45, 2.75) is 13.5 Å². The summed E-state index contributed by atoms with van der Waals surface area (Å²) in [6.45, 7) is 2.47. The van der Waals surface area contributed by atoms with Gasteiger partial charge in [0.2, 0.25) is 0 Å². The van der Waals surface area contributed by atoms with Crippen LogP contribution in [0.3, 0.4) is 0 Å². The van der Waals surface area contributed by atoms with Crippen LogP contribution in [0.4, 0.5) is 11.5 Å². The van der Waals surface area contributed by atoms with E-state index in [1.54, 1.807) is 0 Å². The number of aryl methyl sites for hydroxylation is 1. The van der Waals surface area contributed by atoms with Gasteiger partial charge in [0.05, 0.1) is 0 Å². The summed E-state index contributed by atoms with van der Waals surface area (Å²) >= 11 is 0. The predicted molar refractivity (Wildman–Crippen MR) is 75.2 cm³/mol. The van der Waals surface area contributed by atoms with Crippen molar-refractivity contribution in [1.29, 1.82) is 0 Å². The normalized spacial score (nSPS) is 10.4. The quantitative estimate of drug-likeness (QED) is 0.752. The molecule has 0 aliphatic rings. The summed E-state index contributed by atoms with van der Waals surface area (Å²) in [6.07, 6.45) is 0. The molecule has 0 saturated carbocycles. The van der Waals surface area contributed by atoms with Crippen LogP contribution in [0.15, 0.2) is 33.9 Å². The van der Waals surface area contributed by atoms with Crippen LogP contribution in [-0.4, -0.2) is 9.55 Å². The van der Waals surface area contributed by atoms with Crippen molar-refractivity contribution in [3.63, 3.8) is 0 Å². The van der Waals surface area contributed by atoms with Gasteiger partial charge in [-0.2, -0.15) is 0 Å². The Kier molecular flexibility index (Phi) is 3.41. The summed E-state index contributed by atoms with van der Waals surface area (Å²) in [4.78, 5) is 25.6. The van der Waals surface area contributed by atoms with Gasteiger partial charge in [-0.3, -0.25) is 14.3 Å². The summed E-state index contributed by atoms with van der Waals surface area (Å²) in [7, 11) is 1.40. The molecular weight excluding hydrogens is 244 g/mol. The summed E-state index contributed by atoms with van der Waals surface area (Å²) in [5.41, 5.74) is 7.09. The Morgan fingerprint density at radius 3 is 2.53 bits per heavy atom. The highest BCUT2D eigenvalue weighted by molar-refractivity contribution is 5.59. The molecule has 19 heavy (non-hydrogen) atoms. The lowest BCUT2D eigenvalue weighted by Gasteiger charge is -2.09. The molecule has 0 unspecified atom stereocenters. The molecule has 6 heteroatoms. The fraction of sp³-hybridized carbons (Fsp3) is 0.231. The summed E-state index contributed by atoms with van der Waals surface area (Å²) < 4.78 is 0.980. The first kappa shape index (κ1) is 12.9. The molecule has 1 aromatic heterocycles. The summed E-state index contributed by atoms with van der Waals surface area (Å²) in [5, 5.41) is 2.96. The standard InChI is InChI=1S/C13H16N4O2/c1-8-3-5-9(6-4-8)7-15-10-11(14)16-13(19)17(2)12(10)18/h3-6,15H,7,14H2,1-2H3,(H,16,19). The zero-order valence-electron chi connectivity index (χ0n) is 10.9. The van der Waals surface area contributed by atoms with E-state index in [0.717, 1.165) is 10.1 Å². The fourth-order valence-electron chi connectivity index (χ4n) is 1.70. The first-order valence-corrected chi connectivity index (χ1v) is 5.87. The van der Waals surface area contributed by atoms with Gasteiger partial charge >= 0.3 is 5.69 Å². The van der Waals surface area contributed by atoms with Crippen LogP contribution in [0.1, 0.15) is 11.1 Å². The number of H-pyrrole nitrogens is 1. The predicted octanol–water partition coefficient (Wildman–Crippen LogP) is 0.576. The molecule has 6 nitrogen and oxygen atoms in total. The Morgan fingerprint density at radius 2 is 1.89 bits per heavy atom. The topological polar surface area (TPSA) is 92.9 Å². The molecule has 0 aliphatic carbocycles. The third-order valence-corrected chi connectivity index (χ3v) is 2.92. The number of nitrogens with zero attached hydrogens (tertiary/aromatic N) is 1. The second-order valence-corrected chi connectivity index (χ2v) is 4.42. The lowest BCUT2D eigenvalue weighted by molar-refractivity contribution is 0.779. The Balaban J connectivity index is 2.25. The average Bonchev–Trinajstić information content (AvgIpc) is 2.38. The minimum atomic E-state index is -0.525. The van der Waals surface area contributed by atoms with Gasteiger partial charge in [0.15, 0.2) is 0 Å². The van der Waals surface area contributed by atoms with Crippen LogP contribution in [0.2, 0.25) is 0 Å². The van der Waals surface area contributed by atoms with E-state index in [2.05, 4.69) is 10.3 Å². The number of nitrogens with one attached hydrogen (secondary N) is 2. The SMILES string of the molecule is Cc1ccc(CNc2c(N)[nH]c(=O)n(C)c2=O)cc1. The Labute approximate surface area is 109 Å². The van der Waals surface area contributed by atoms with Crippen molar-refractivity contribution in [2.75, 3.05) is 11.1 Å². The van der Waals surface area contributed by atoms with Crippen molar-refractivity contribution in [3.05, 3.63) is 56.2 Å². The van der Waals surface area contributed by atoms with Gasteiger partial charge in [-0.05, 0) is 12.5 Å². The van der Waals surface area contributed by atoms with Crippen molar-refractivity contribution < 1.29 is 0 Å². The highest BCUT2D eigenvalue weighted by Gasteiger charge is 2.09. The van der Waals surface area contributed by atoms with Gasteiger partial charge in [0.25, 0.3) is 5.56 Å². The molecule has 0 spiro atoms. The summed E-state index contributed by atoms with van der Waals surface area (Å²) in [5.74, 6) is 0.0558. The number of hydrogen-bond acceptors (Lipinski definition) is 4. The highest BCUT2D eigenvalue weighted by atomic mass is 16.2. The number of anilines is 2. The number of hydrogen-bond donors (Lipinski definition) is 3. The van der Waals surface area contributed by atoms with E-state index in [-0.39, 0.29) is 11.5 Å². The van der Waals surface area contributed by atoms with E-state index in [0.29, 0.717) is 6.54 Å². The van der Waals surface area contributed by atoms with Crippen molar-refractivity contribution >= 4 is 11.5 Å². The van der Waals surface area contributed by atoms with Crippen LogP contribution in [0, 0.1) is 6.92 Å². The van der Waals surface area contributed by atoms with E-state index in [9.17, 15) is 9.59 Å². The Hall–Kier alpha value is -2.50. The van der Waals surface area contributed by atoms with Crippen molar-refractivity contribution in [2.24, 2.45) is 7.05 Å². The molecule has 2 aromatic rings. The molecule has 0 radical (unpaired) electrons. The van der Waals surface area contributed by atoms with Crippen molar-refractivity contribution in [3.8, 4) is 0 Å². The van der Waals surface area contributed by atoms with Gasteiger partial charge in [-0.25, -0.2) is 4.79 Å². The molecule has 4 N–H and O–H groups in total. The van der Waals surface area contributed by atoms with Gasteiger partial charge in [0.1, 0.15) is 11.5 Å². The molecule has 0 saturated heterocycles. The molecule has 0 fully saturated rings. The number of benzene rings is 1. The highest BCUT2D eigenvalue weighted by Crippen LogP contribution is 2.09. The second-order valence-electron chi connectivity index (χ2n) is 4.42. The summed E-state index contributed by atoms with van der Waals surface area (Å²) in [6, 6.07) is 7.92. The average molecular weight is 260 g/mol. The molecule has 0 amide bonds. The maximum Gasteiger partial charge on any atom is 0.329 e. The Bertz CT molecular complexity index is 698. The maximum atomic E-state index is 11.9. The van der Waals surface area contributed by atoms with Crippen LogP contribution in [0.25, 0.3) is 0 Å². The van der Waals surface area contributed by atoms with E-state index < -0.39 is 11.2 Å². The minimum absolute atomic E-state index is 0.0558. The molecular formula is C13H16N4O2. The third kappa shape index (κ3) is 2.67. The van der Waals surface area contributed by atoms with Gasteiger partial charge in [-0.1, -0.05) is 29.8 Å². The van der Waals surface area contributed by atoms with Gasteiger partial charge in [0, 0.05) is 13.6 Å². The molecule has 0 atom stereocenters. The lowest BCUT2D eigenvalue weighted by atomic mass is 10.1. The number of aromatic amines is 1. The monoisotopic (exact) mass is 260 g/mol. The van der Waals surface area contributed by atoms with E-state index in [1.165, 1.54) is 12.6 Å². The van der Waals surface area contributed by atoms with Crippen LogP contribution in [0.5, 0.6) is 0 Å². The maximum absolute atomic E-state index is 11.9. The van der Waals surface area contributed by atoms with Crippen molar-refractivity contribution in [1.82, 2.24) is 9.55 Å². The minimum Gasteiger partial charge on any atom is -0.383 e. The van der Waals surface area contributed by atoms with E-state index >= 15 is 0 Å². The lowest BCUT2D eigenvalue weighted by Crippen LogP contribution is -2.35. The van der Waals surface area contributed by atoms with Gasteiger partial charge in [-0.15, -0.1) is 0 Å². The smallest absolute Gasteiger partial charge is 0.329 e. The third-order valence-electron chi connectivity index (χ3n) is 2.92. The van der Waals surface area contributed by atoms with Gasteiger partial charge < -0.3 is 11.1 Å². The number of aromatic nitrogens is 2. The zero-order valence-corrected chi connectivity index (χ0v) is 10.9. The number of rotatable bonds is 3. The molecule has 0 aliphatic heterocycles. The number of nitrogen functional groups attached to an aromatic ring is 1. The van der Waals surface area contributed by atoms with E-state index in [4.69, 9.17) is 5.73 Å². The first-order valence-electron chi connectivity index (χ1n) is 5.87. The molecule has 1 aromatic carbocycles. The second kappa shape index (κ2) is 5.01. The van der Waals surface area contributed by atoms with E-state index in [1.807, 2.05) is 31.2 Å². The van der Waals surface area contributed by atoms with Crippen LogP contribution >= 0.6 is 0 Å². The first-order chi connectivity index (χ1) is 8.99. The zero-order chi connectivity index (χ0) is 14.0. The number of nitrogens with two attached hydrogens (primary N) is 1. The molecule has 0 bridgehead atoms.